The molecule has 0 fully saturated rings. The van der Waals surface area contributed by atoms with Crippen LogP contribution in [0.4, 0.5) is 0 Å². The second kappa shape index (κ2) is 40.7. The molecule has 0 aromatic heterocycles. The molecule has 0 radical (unpaired) electrons. The van der Waals surface area contributed by atoms with E-state index in [0.29, 0.717) is 0 Å². The van der Waals surface area contributed by atoms with Crippen molar-refractivity contribution >= 4 is 10.4 Å². The van der Waals surface area contributed by atoms with Crippen LogP contribution in [0.25, 0.3) is 0 Å². The van der Waals surface area contributed by atoms with Gasteiger partial charge in [0.2, 0.25) is 10.4 Å². The SMILES string of the molecule is CCCCCCCCCCCCCCCCCCCC/C=C/C(CCCCCCCCCCCCCCCC)COS(=O)(=O)[O-].[K+]. The standard InChI is InChI=1S/C40H80O4S.K/c1-3-5-7-9-11-13-15-17-19-20-21-22-23-24-26-28-30-32-34-36-38-40(39-44-45(41,42)43)37-35-33-31-29-27-25-18-16-14-12-10-8-6-4-2;/h36,38,40H,3-35,37,39H2,1-2H3,(H,41,42,43);/q;+1/p-1/b38-36+;. The van der Waals surface area contributed by atoms with Crippen LogP contribution in [0.5, 0.6) is 0 Å². The summed E-state index contributed by atoms with van der Waals surface area (Å²) in [4.78, 5) is 0. The van der Waals surface area contributed by atoms with Crippen molar-refractivity contribution in [3.05, 3.63) is 12.2 Å². The van der Waals surface area contributed by atoms with E-state index in [2.05, 4.69) is 30.2 Å². The van der Waals surface area contributed by atoms with Gasteiger partial charge in [-0.2, -0.15) is 0 Å². The first-order valence-corrected chi connectivity index (χ1v) is 21.6. The van der Waals surface area contributed by atoms with Crippen LogP contribution in [0.3, 0.4) is 0 Å². The van der Waals surface area contributed by atoms with E-state index in [1.165, 1.54) is 199 Å². The normalized spacial score (nSPS) is 12.6. The van der Waals surface area contributed by atoms with Crippen LogP contribution in [-0.2, 0) is 14.6 Å². The van der Waals surface area contributed by atoms with E-state index in [9.17, 15) is 13.0 Å². The summed E-state index contributed by atoms with van der Waals surface area (Å²) < 4.78 is 37.6. The monoisotopic (exact) mass is 695 g/mol. The average Bonchev–Trinajstić information content (AvgIpc) is 3.02. The van der Waals surface area contributed by atoms with Crippen molar-refractivity contribution in [3.8, 4) is 0 Å². The first-order valence-electron chi connectivity index (χ1n) is 20.3. The van der Waals surface area contributed by atoms with Gasteiger partial charge in [-0.25, -0.2) is 8.42 Å². The van der Waals surface area contributed by atoms with Gasteiger partial charge in [0, 0.05) is 5.92 Å². The number of rotatable bonds is 38. The second-order valence-electron chi connectivity index (χ2n) is 14.1. The molecule has 6 heteroatoms. The first-order chi connectivity index (χ1) is 22.0. The molecule has 0 aromatic carbocycles. The molecule has 0 aliphatic heterocycles. The molecule has 0 rings (SSSR count). The molecule has 0 aromatic rings. The van der Waals surface area contributed by atoms with Crippen LogP contribution in [0.15, 0.2) is 12.2 Å². The molecule has 0 aliphatic carbocycles. The minimum Gasteiger partial charge on any atom is -0.726 e. The molecule has 0 amide bonds. The zero-order chi connectivity index (χ0) is 32.9. The first kappa shape index (κ1) is 49.4. The van der Waals surface area contributed by atoms with Crippen molar-refractivity contribution in [3.63, 3.8) is 0 Å². The van der Waals surface area contributed by atoms with Gasteiger partial charge < -0.3 is 4.55 Å². The Bertz CT molecular complexity index is 697. The van der Waals surface area contributed by atoms with Gasteiger partial charge in [-0.1, -0.05) is 225 Å². The Morgan fingerprint density at radius 2 is 0.761 bits per heavy atom. The molecule has 0 heterocycles. The molecule has 0 bridgehead atoms. The van der Waals surface area contributed by atoms with E-state index in [4.69, 9.17) is 0 Å². The number of hydrogen-bond acceptors (Lipinski definition) is 4. The van der Waals surface area contributed by atoms with Gasteiger partial charge >= 0.3 is 51.4 Å². The van der Waals surface area contributed by atoms with Crippen LogP contribution < -0.4 is 51.4 Å². The fraction of sp³-hybridized carbons (Fsp3) is 0.950. The summed E-state index contributed by atoms with van der Waals surface area (Å²) in [6.45, 7) is 4.55. The van der Waals surface area contributed by atoms with Crippen molar-refractivity contribution in [1.82, 2.24) is 0 Å². The Labute approximate surface area is 332 Å². The van der Waals surface area contributed by atoms with Crippen LogP contribution >= 0.6 is 0 Å². The summed E-state index contributed by atoms with van der Waals surface area (Å²) in [7, 11) is -4.63. The summed E-state index contributed by atoms with van der Waals surface area (Å²) in [5, 5.41) is 0. The predicted molar refractivity (Wildman–Crippen MR) is 197 cm³/mol. The van der Waals surface area contributed by atoms with Crippen LogP contribution in [0.2, 0.25) is 0 Å². The summed E-state index contributed by atoms with van der Waals surface area (Å²) in [6, 6.07) is 0. The molecule has 1 atom stereocenters. The molecule has 0 saturated heterocycles. The Kier molecular flexibility index (Phi) is 43.6. The van der Waals surface area contributed by atoms with Gasteiger partial charge in [0.1, 0.15) is 0 Å². The molecular weight excluding hydrogens is 616 g/mol. The molecule has 0 N–H and O–H groups in total. The molecule has 46 heavy (non-hydrogen) atoms. The minimum absolute atomic E-state index is 0. The summed E-state index contributed by atoms with van der Waals surface area (Å²) >= 11 is 0. The van der Waals surface area contributed by atoms with Crippen molar-refractivity contribution in [2.24, 2.45) is 5.92 Å². The van der Waals surface area contributed by atoms with Gasteiger partial charge in [-0.15, -0.1) is 0 Å². The second-order valence-corrected chi connectivity index (χ2v) is 15.1. The maximum Gasteiger partial charge on any atom is 1.00 e. The van der Waals surface area contributed by atoms with Crippen molar-refractivity contribution in [1.29, 1.82) is 0 Å². The zero-order valence-electron chi connectivity index (χ0n) is 31.5. The van der Waals surface area contributed by atoms with Crippen molar-refractivity contribution in [2.75, 3.05) is 6.61 Å². The molecular formula is C40H79KO4S. The Morgan fingerprint density at radius 3 is 1.07 bits per heavy atom. The Balaban J connectivity index is 0. The van der Waals surface area contributed by atoms with Crippen molar-refractivity contribution < 1.29 is 68.5 Å². The van der Waals surface area contributed by atoms with E-state index >= 15 is 0 Å². The quantitative estimate of drug-likeness (QED) is 0.0212. The van der Waals surface area contributed by atoms with Gasteiger partial charge in [0.15, 0.2) is 0 Å². The summed E-state index contributed by atoms with van der Waals surface area (Å²) in [5.74, 6) is 0.0154. The van der Waals surface area contributed by atoms with Gasteiger partial charge in [0.25, 0.3) is 0 Å². The maximum absolute atomic E-state index is 11.0. The van der Waals surface area contributed by atoms with Crippen LogP contribution in [0, 0.1) is 5.92 Å². The molecule has 270 valence electrons. The Morgan fingerprint density at radius 1 is 0.478 bits per heavy atom. The van der Waals surface area contributed by atoms with E-state index in [-0.39, 0.29) is 63.9 Å². The van der Waals surface area contributed by atoms with Crippen molar-refractivity contribution in [2.45, 2.75) is 232 Å². The van der Waals surface area contributed by atoms with Crippen LogP contribution in [-0.4, -0.2) is 19.6 Å². The fourth-order valence-corrected chi connectivity index (χ4v) is 6.80. The van der Waals surface area contributed by atoms with Gasteiger partial charge in [-0.05, 0) is 19.3 Å². The third kappa shape index (κ3) is 43.3. The van der Waals surface area contributed by atoms with Gasteiger partial charge in [-0.3, -0.25) is 4.18 Å². The minimum atomic E-state index is -4.63. The van der Waals surface area contributed by atoms with E-state index in [1.807, 2.05) is 0 Å². The topological polar surface area (TPSA) is 66.4 Å². The molecule has 1 unspecified atom stereocenters. The number of unbranched alkanes of at least 4 members (excludes halogenated alkanes) is 31. The predicted octanol–water partition coefficient (Wildman–Crippen LogP) is 10.9. The third-order valence-electron chi connectivity index (χ3n) is 9.49. The average molecular weight is 695 g/mol. The molecule has 0 spiro atoms. The fourth-order valence-electron chi connectivity index (χ4n) is 6.46. The smallest absolute Gasteiger partial charge is 0.726 e. The zero-order valence-corrected chi connectivity index (χ0v) is 35.5. The maximum atomic E-state index is 11.0. The third-order valence-corrected chi connectivity index (χ3v) is 9.91. The number of allylic oxidation sites excluding steroid dienone is 1. The Hall–Kier alpha value is 1.25. The summed E-state index contributed by atoms with van der Waals surface area (Å²) in [6.07, 6.45) is 49.7. The molecule has 4 nitrogen and oxygen atoms in total. The van der Waals surface area contributed by atoms with E-state index in [1.54, 1.807) is 0 Å². The van der Waals surface area contributed by atoms with E-state index in [0.717, 1.165) is 19.3 Å². The summed E-state index contributed by atoms with van der Waals surface area (Å²) in [5.41, 5.74) is 0. The van der Waals surface area contributed by atoms with Gasteiger partial charge in [0.05, 0.1) is 6.61 Å². The van der Waals surface area contributed by atoms with E-state index < -0.39 is 10.4 Å². The largest absolute Gasteiger partial charge is 1.00 e. The molecule has 0 aliphatic rings. The molecule has 0 saturated carbocycles. The van der Waals surface area contributed by atoms with Crippen LogP contribution in [0.1, 0.15) is 232 Å². The number of hydrogen-bond donors (Lipinski definition) is 0.